The molecule has 3 N–H and O–H groups in total. The lowest BCUT2D eigenvalue weighted by Crippen LogP contribution is -2.23. The van der Waals surface area contributed by atoms with E-state index in [0.29, 0.717) is 17.8 Å². The van der Waals surface area contributed by atoms with Crippen LogP contribution in [0.1, 0.15) is 15.9 Å². The highest BCUT2D eigenvalue weighted by Gasteiger charge is 2.10. The summed E-state index contributed by atoms with van der Waals surface area (Å²) in [5.74, 6) is -0.154. The first kappa shape index (κ1) is 14.1. The highest BCUT2D eigenvalue weighted by molar-refractivity contribution is 9.10. The second kappa shape index (κ2) is 6.21. The van der Waals surface area contributed by atoms with Gasteiger partial charge < -0.3 is 11.1 Å². The zero-order valence-electron chi connectivity index (χ0n) is 9.99. The number of nitrogens with one attached hydrogen (secondary N) is 1. The lowest BCUT2D eigenvalue weighted by molar-refractivity contribution is 0.0950. The molecule has 0 radical (unpaired) electrons. The molecule has 1 amide bonds. The summed E-state index contributed by atoms with van der Waals surface area (Å²) in [7, 11) is 0. The number of nitrogen functional groups attached to an aromatic ring is 1. The molecular weight excluding hydrogens is 372 g/mol. The van der Waals surface area contributed by atoms with Gasteiger partial charge >= 0.3 is 0 Å². The van der Waals surface area contributed by atoms with Crippen LogP contribution in [0.5, 0.6) is 0 Å². The van der Waals surface area contributed by atoms with E-state index >= 15 is 0 Å². The molecule has 2 rings (SSSR count). The molecule has 0 fully saturated rings. The quantitative estimate of drug-likeness (QED) is 0.793. The molecule has 0 heterocycles. The molecule has 0 aliphatic rings. The smallest absolute Gasteiger partial charge is 0.252 e. The molecule has 0 unspecified atom stereocenters. The summed E-state index contributed by atoms with van der Waals surface area (Å²) in [5, 5.41) is 2.87. The second-order valence-corrected chi connectivity index (χ2v) is 5.82. The minimum Gasteiger partial charge on any atom is -0.399 e. The van der Waals surface area contributed by atoms with E-state index in [1.54, 1.807) is 18.2 Å². The fourth-order valence-corrected chi connectivity index (χ4v) is 2.51. The maximum Gasteiger partial charge on any atom is 0.252 e. The fourth-order valence-electron chi connectivity index (χ4n) is 1.64. The molecule has 2 aromatic rings. The van der Waals surface area contributed by atoms with Crippen molar-refractivity contribution in [1.29, 1.82) is 0 Å². The number of hydrogen-bond donors (Lipinski definition) is 2. The van der Waals surface area contributed by atoms with E-state index in [9.17, 15) is 4.79 Å². The summed E-state index contributed by atoms with van der Waals surface area (Å²) in [4.78, 5) is 12.1. The first-order valence-corrected chi connectivity index (χ1v) is 7.22. The van der Waals surface area contributed by atoms with Crippen LogP contribution in [0.15, 0.2) is 51.4 Å². The van der Waals surface area contributed by atoms with Crippen molar-refractivity contribution in [3.8, 4) is 0 Å². The number of hydrogen-bond acceptors (Lipinski definition) is 2. The van der Waals surface area contributed by atoms with E-state index in [2.05, 4.69) is 37.2 Å². The second-order valence-electron chi connectivity index (χ2n) is 4.05. The van der Waals surface area contributed by atoms with Gasteiger partial charge in [-0.3, -0.25) is 4.79 Å². The number of halogens is 2. The Morgan fingerprint density at radius 2 is 1.95 bits per heavy atom. The molecule has 5 heteroatoms. The third-order valence-electron chi connectivity index (χ3n) is 2.58. The van der Waals surface area contributed by atoms with Crippen molar-refractivity contribution in [3.05, 3.63) is 62.5 Å². The van der Waals surface area contributed by atoms with Gasteiger partial charge in [0.25, 0.3) is 5.91 Å². The molecule has 0 spiro atoms. The predicted molar refractivity (Wildman–Crippen MR) is 83.9 cm³/mol. The van der Waals surface area contributed by atoms with Crippen LogP contribution in [0, 0.1) is 0 Å². The highest BCUT2D eigenvalue weighted by Crippen LogP contribution is 2.19. The van der Waals surface area contributed by atoms with Crippen LogP contribution in [0.2, 0.25) is 0 Å². The topological polar surface area (TPSA) is 55.1 Å². The van der Waals surface area contributed by atoms with Crippen molar-refractivity contribution in [3.63, 3.8) is 0 Å². The summed E-state index contributed by atoms with van der Waals surface area (Å²) in [6, 6.07) is 13.0. The monoisotopic (exact) mass is 382 g/mol. The fraction of sp³-hybridized carbons (Fsp3) is 0.0714. The van der Waals surface area contributed by atoms with Crippen molar-refractivity contribution < 1.29 is 4.79 Å². The number of carbonyl (C=O) groups is 1. The predicted octanol–water partition coefficient (Wildman–Crippen LogP) is 3.72. The maximum absolute atomic E-state index is 12.1. The molecule has 0 aliphatic heterocycles. The summed E-state index contributed by atoms with van der Waals surface area (Å²) in [6.45, 7) is 0.472. The molecule has 0 saturated carbocycles. The van der Waals surface area contributed by atoms with Crippen molar-refractivity contribution in [2.24, 2.45) is 0 Å². The van der Waals surface area contributed by atoms with Crippen LogP contribution in [0.4, 0.5) is 5.69 Å². The van der Waals surface area contributed by atoms with Gasteiger partial charge in [0.15, 0.2) is 0 Å². The Labute approximate surface area is 128 Å². The Hall–Kier alpha value is -1.33. The van der Waals surface area contributed by atoms with Crippen LogP contribution in [-0.4, -0.2) is 5.91 Å². The number of anilines is 1. The maximum atomic E-state index is 12.1. The number of carbonyl (C=O) groups excluding carboxylic acids is 1. The Kier molecular flexibility index (Phi) is 4.61. The molecule has 0 saturated heterocycles. The number of benzene rings is 2. The molecule has 2 aromatic carbocycles. The van der Waals surface area contributed by atoms with Gasteiger partial charge in [0.1, 0.15) is 0 Å². The van der Waals surface area contributed by atoms with Gasteiger partial charge in [0, 0.05) is 21.2 Å². The Morgan fingerprint density at radius 1 is 1.16 bits per heavy atom. The first-order valence-electron chi connectivity index (χ1n) is 5.64. The molecular formula is C14H12Br2N2O. The normalized spacial score (nSPS) is 10.2. The van der Waals surface area contributed by atoms with E-state index < -0.39 is 0 Å². The van der Waals surface area contributed by atoms with E-state index in [1.807, 2.05) is 24.3 Å². The Balaban J connectivity index is 2.07. The van der Waals surface area contributed by atoms with Crippen LogP contribution >= 0.6 is 31.9 Å². The van der Waals surface area contributed by atoms with Crippen molar-refractivity contribution >= 4 is 43.5 Å². The zero-order chi connectivity index (χ0) is 13.8. The summed E-state index contributed by atoms with van der Waals surface area (Å²) < 4.78 is 1.72. The van der Waals surface area contributed by atoms with E-state index in [0.717, 1.165) is 14.5 Å². The average molecular weight is 384 g/mol. The summed E-state index contributed by atoms with van der Waals surface area (Å²) >= 11 is 6.74. The van der Waals surface area contributed by atoms with Crippen LogP contribution in [-0.2, 0) is 6.54 Å². The zero-order valence-corrected chi connectivity index (χ0v) is 13.2. The van der Waals surface area contributed by atoms with Gasteiger partial charge in [-0.25, -0.2) is 0 Å². The summed E-state index contributed by atoms with van der Waals surface area (Å²) in [6.07, 6.45) is 0. The Morgan fingerprint density at radius 3 is 2.68 bits per heavy atom. The van der Waals surface area contributed by atoms with Gasteiger partial charge in [-0.1, -0.05) is 28.1 Å². The molecule has 0 atom stereocenters. The third kappa shape index (κ3) is 3.81. The molecule has 3 nitrogen and oxygen atoms in total. The van der Waals surface area contributed by atoms with Gasteiger partial charge in [-0.05, 0) is 51.8 Å². The molecule has 0 aromatic heterocycles. The standard InChI is InChI=1S/C14H12Br2N2O/c15-10-3-1-2-9(6-10)8-18-14(19)12-7-11(17)4-5-13(12)16/h1-7H,8,17H2,(H,18,19). The first-order chi connectivity index (χ1) is 9.06. The molecule has 19 heavy (non-hydrogen) atoms. The van der Waals surface area contributed by atoms with Crippen LogP contribution in [0.25, 0.3) is 0 Å². The van der Waals surface area contributed by atoms with E-state index in [4.69, 9.17) is 5.73 Å². The molecule has 98 valence electrons. The number of rotatable bonds is 3. The minimum absolute atomic E-state index is 0.154. The van der Waals surface area contributed by atoms with Crippen LogP contribution in [0.3, 0.4) is 0 Å². The van der Waals surface area contributed by atoms with Crippen molar-refractivity contribution in [2.45, 2.75) is 6.54 Å². The lowest BCUT2D eigenvalue weighted by Gasteiger charge is -2.08. The van der Waals surface area contributed by atoms with Gasteiger partial charge in [0.2, 0.25) is 0 Å². The van der Waals surface area contributed by atoms with E-state index in [-0.39, 0.29) is 5.91 Å². The van der Waals surface area contributed by atoms with Crippen LogP contribution < -0.4 is 11.1 Å². The minimum atomic E-state index is -0.154. The average Bonchev–Trinajstić information content (AvgIpc) is 2.39. The van der Waals surface area contributed by atoms with Crippen molar-refractivity contribution in [1.82, 2.24) is 5.32 Å². The third-order valence-corrected chi connectivity index (χ3v) is 3.76. The Bertz CT molecular complexity index is 614. The van der Waals surface area contributed by atoms with Gasteiger partial charge in [-0.15, -0.1) is 0 Å². The van der Waals surface area contributed by atoms with Gasteiger partial charge in [0.05, 0.1) is 5.56 Å². The number of nitrogens with two attached hydrogens (primary N) is 1. The van der Waals surface area contributed by atoms with Gasteiger partial charge in [-0.2, -0.15) is 0 Å². The molecule has 0 aliphatic carbocycles. The summed E-state index contributed by atoms with van der Waals surface area (Å²) in [5.41, 5.74) is 7.82. The lowest BCUT2D eigenvalue weighted by atomic mass is 10.1. The van der Waals surface area contributed by atoms with E-state index in [1.165, 1.54) is 0 Å². The number of amides is 1. The SMILES string of the molecule is Nc1ccc(Br)c(C(=O)NCc2cccc(Br)c2)c1. The highest BCUT2D eigenvalue weighted by atomic mass is 79.9. The van der Waals surface area contributed by atoms with Crippen molar-refractivity contribution in [2.75, 3.05) is 5.73 Å². The largest absolute Gasteiger partial charge is 0.399 e. The molecule has 0 bridgehead atoms.